The first-order valence-corrected chi connectivity index (χ1v) is 8.72. The Hall–Kier alpha value is -0.910. The lowest BCUT2D eigenvalue weighted by atomic mass is 9.85. The van der Waals surface area contributed by atoms with Gasteiger partial charge >= 0.3 is 12.0 Å². The minimum absolute atomic E-state index is 0.102. The Morgan fingerprint density at radius 2 is 1.90 bits per heavy atom. The van der Waals surface area contributed by atoms with Crippen LogP contribution in [-0.4, -0.2) is 41.2 Å². The zero-order valence-electron chi connectivity index (χ0n) is 12.4. The highest BCUT2D eigenvalue weighted by molar-refractivity contribution is 7.98. The van der Waals surface area contributed by atoms with Gasteiger partial charge in [-0.1, -0.05) is 19.3 Å². The first kappa shape index (κ1) is 17.1. The van der Waals surface area contributed by atoms with Crippen LogP contribution in [0.2, 0.25) is 0 Å². The van der Waals surface area contributed by atoms with Gasteiger partial charge in [-0.25, -0.2) is 9.59 Å². The second-order valence-electron chi connectivity index (χ2n) is 5.48. The fourth-order valence-electron chi connectivity index (χ4n) is 2.65. The van der Waals surface area contributed by atoms with Gasteiger partial charge in [0.2, 0.25) is 0 Å². The average molecular weight is 302 g/mol. The van der Waals surface area contributed by atoms with Crippen LogP contribution < -0.4 is 10.6 Å². The molecule has 1 rings (SSSR count). The fraction of sp³-hybridized carbons (Fsp3) is 0.857. The molecule has 0 aromatic heterocycles. The van der Waals surface area contributed by atoms with Gasteiger partial charge in [0.05, 0.1) is 0 Å². The second-order valence-corrected chi connectivity index (χ2v) is 6.46. The number of nitrogens with one attached hydrogen (secondary N) is 2. The summed E-state index contributed by atoms with van der Waals surface area (Å²) in [6.45, 7) is 2.01. The molecule has 1 aliphatic carbocycles. The molecule has 0 radical (unpaired) electrons. The van der Waals surface area contributed by atoms with Crippen molar-refractivity contribution in [3.05, 3.63) is 0 Å². The van der Waals surface area contributed by atoms with Crippen LogP contribution in [0.25, 0.3) is 0 Å². The SMILES string of the molecule is CSCCC(NC(=O)NC(C)C1CCCCC1)C(=O)O. The van der Waals surface area contributed by atoms with Gasteiger partial charge in [-0.3, -0.25) is 0 Å². The molecule has 0 bridgehead atoms. The molecule has 1 fully saturated rings. The number of carbonyl (C=O) groups is 2. The first-order valence-electron chi connectivity index (χ1n) is 7.33. The number of hydrogen-bond donors (Lipinski definition) is 3. The molecular formula is C14H26N2O3S. The maximum absolute atomic E-state index is 11.9. The van der Waals surface area contributed by atoms with Crippen molar-refractivity contribution < 1.29 is 14.7 Å². The molecule has 0 aliphatic heterocycles. The molecule has 20 heavy (non-hydrogen) atoms. The molecule has 116 valence electrons. The van der Waals surface area contributed by atoms with E-state index in [1.165, 1.54) is 19.3 Å². The number of carboxylic acids is 1. The van der Waals surface area contributed by atoms with Gasteiger partial charge in [-0.05, 0) is 44.1 Å². The van der Waals surface area contributed by atoms with Crippen LogP contribution in [0.4, 0.5) is 4.79 Å². The van der Waals surface area contributed by atoms with E-state index in [2.05, 4.69) is 10.6 Å². The molecule has 2 amide bonds. The molecule has 0 aromatic carbocycles. The van der Waals surface area contributed by atoms with Crippen LogP contribution in [0.5, 0.6) is 0 Å². The topological polar surface area (TPSA) is 78.4 Å². The zero-order valence-corrected chi connectivity index (χ0v) is 13.2. The lowest BCUT2D eigenvalue weighted by Gasteiger charge is -2.28. The van der Waals surface area contributed by atoms with Crippen LogP contribution in [0.1, 0.15) is 45.4 Å². The monoisotopic (exact) mass is 302 g/mol. The van der Waals surface area contributed by atoms with E-state index in [9.17, 15) is 9.59 Å². The number of urea groups is 1. The summed E-state index contributed by atoms with van der Waals surface area (Å²) in [6.07, 6.45) is 8.40. The summed E-state index contributed by atoms with van der Waals surface area (Å²) in [6, 6.07) is -1.07. The summed E-state index contributed by atoms with van der Waals surface area (Å²) in [4.78, 5) is 23.0. The number of carboxylic acid groups (broad SMARTS) is 1. The minimum Gasteiger partial charge on any atom is -0.480 e. The molecule has 2 unspecified atom stereocenters. The lowest BCUT2D eigenvalue weighted by molar-refractivity contribution is -0.139. The summed E-state index contributed by atoms with van der Waals surface area (Å²) >= 11 is 1.58. The van der Waals surface area contributed by atoms with Gasteiger partial charge in [-0.2, -0.15) is 11.8 Å². The number of rotatable bonds is 7. The van der Waals surface area contributed by atoms with Crippen LogP contribution in [-0.2, 0) is 4.79 Å². The number of aliphatic carboxylic acids is 1. The van der Waals surface area contributed by atoms with E-state index in [-0.39, 0.29) is 12.1 Å². The third kappa shape index (κ3) is 6.03. The van der Waals surface area contributed by atoms with Crippen molar-refractivity contribution in [2.75, 3.05) is 12.0 Å². The number of carbonyl (C=O) groups excluding carboxylic acids is 1. The minimum atomic E-state index is -0.973. The standard InChI is InChI=1S/C14H26N2O3S/c1-10(11-6-4-3-5-7-11)15-14(19)16-12(13(17)18)8-9-20-2/h10-12H,3-9H2,1-2H3,(H,17,18)(H2,15,16,19). The smallest absolute Gasteiger partial charge is 0.326 e. The molecule has 6 heteroatoms. The number of hydrogen-bond acceptors (Lipinski definition) is 3. The lowest BCUT2D eigenvalue weighted by Crippen LogP contribution is -2.50. The van der Waals surface area contributed by atoms with Crippen LogP contribution in [0.3, 0.4) is 0 Å². The van der Waals surface area contributed by atoms with Crippen LogP contribution in [0.15, 0.2) is 0 Å². The molecule has 0 heterocycles. The Morgan fingerprint density at radius 3 is 2.45 bits per heavy atom. The highest BCUT2D eigenvalue weighted by Crippen LogP contribution is 2.26. The predicted octanol–water partition coefficient (Wildman–Crippen LogP) is 2.46. The summed E-state index contributed by atoms with van der Waals surface area (Å²) in [5.74, 6) is 0.263. The zero-order chi connectivity index (χ0) is 15.0. The normalized spacial score (nSPS) is 19.1. The maximum Gasteiger partial charge on any atom is 0.326 e. The summed E-state index contributed by atoms with van der Waals surface area (Å²) in [5.41, 5.74) is 0. The molecule has 0 spiro atoms. The summed E-state index contributed by atoms with van der Waals surface area (Å²) in [5, 5.41) is 14.5. The third-order valence-electron chi connectivity index (χ3n) is 3.93. The first-order chi connectivity index (χ1) is 9.54. The van der Waals surface area contributed by atoms with Crippen molar-refractivity contribution in [3.63, 3.8) is 0 Å². The Balaban J connectivity index is 2.37. The quantitative estimate of drug-likeness (QED) is 0.675. The van der Waals surface area contributed by atoms with Crippen molar-refractivity contribution in [1.29, 1.82) is 0 Å². The molecule has 3 N–H and O–H groups in total. The fourth-order valence-corrected chi connectivity index (χ4v) is 3.12. The Bertz CT molecular complexity index is 320. The second kappa shape index (κ2) is 9.10. The van der Waals surface area contributed by atoms with E-state index in [0.29, 0.717) is 12.3 Å². The van der Waals surface area contributed by atoms with Gasteiger partial charge in [0, 0.05) is 6.04 Å². The molecule has 5 nitrogen and oxygen atoms in total. The molecular weight excluding hydrogens is 276 g/mol. The van der Waals surface area contributed by atoms with Crippen LogP contribution in [0, 0.1) is 5.92 Å². The van der Waals surface area contributed by atoms with E-state index >= 15 is 0 Å². The largest absolute Gasteiger partial charge is 0.480 e. The van der Waals surface area contributed by atoms with Crippen molar-refractivity contribution in [3.8, 4) is 0 Å². The van der Waals surface area contributed by atoms with Crippen molar-refractivity contribution >= 4 is 23.8 Å². The van der Waals surface area contributed by atoms with Gasteiger partial charge < -0.3 is 15.7 Å². The Labute approximate surface area is 125 Å². The summed E-state index contributed by atoms with van der Waals surface area (Å²) < 4.78 is 0. The molecule has 0 saturated heterocycles. The molecule has 0 aromatic rings. The van der Waals surface area contributed by atoms with E-state index in [4.69, 9.17) is 5.11 Å². The number of thioether (sulfide) groups is 1. The Morgan fingerprint density at radius 1 is 1.25 bits per heavy atom. The van der Waals surface area contributed by atoms with Crippen molar-refractivity contribution in [1.82, 2.24) is 10.6 Å². The van der Waals surface area contributed by atoms with E-state index in [0.717, 1.165) is 18.6 Å². The highest BCUT2D eigenvalue weighted by atomic mass is 32.2. The van der Waals surface area contributed by atoms with Crippen LogP contribution >= 0.6 is 11.8 Å². The summed E-state index contributed by atoms with van der Waals surface area (Å²) in [7, 11) is 0. The van der Waals surface area contributed by atoms with Gasteiger partial charge in [0.25, 0.3) is 0 Å². The Kier molecular flexibility index (Phi) is 7.80. The molecule has 2 atom stereocenters. The number of amides is 2. The van der Waals surface area contributed by atoms with Crippen molar-refractivity contribution in [2.24, 2.45) is 5.92 Å². The third-order valence-corrected chi connectivity index (χ3v) is 4.57. The van der Waals surface area contributed by atoms with E-state index in [1.54, 1.807) is 11.8 Å². The van der Waals surface area contributed by atoms with Gasteiger partial charge in [-0.15, -0.1) is 0 Å². The maximum atomic E-state index is 11.9. The highest BCUT2D eigenvalue weighted by Gasteiger charge is 2.24. The van der Waals surface area contributed by atoms with Crippen molar-refractivity contribution in [2.45, 2.75) is 57.5 Å². The average Bonchev–Trinajstić information content (AvgIpc) is 2.44. The molecule has 1 aliphatic rings. The van der Waals surface area contributed by atoms with Gasteiger partial charge in [0.15, 0.2) is 0 Å². The predicted molar refractivity (Wildman–Crippen MR) is 82.1 cm³/mol. The van der Waals surface area contributed by atoms with E-state index < -0.39 is 12.0 Å². The van der Waals surface area contributed by atoms with Gasteiger partial charge in [0.1, 0.15) is 6.04 Å². The molecule has 1 saturated carbocycles. The van der Waals surface area contributed by atoms with E-state index in [1.807, 2.05) is 13.2 Å².